The molecule has 0 heterocycles. The Morgan fingerprint density at radius 2 is 1.91 bits per heavy atom. The molecule has 0 saturated heterocycles. The number of unbranched alkanes of at least 4 members (excludes halogenated alkanes) is 1. The fraction of sp³-hybridized carbons (Fsp3) is 0.536. The third-order valence-electron chi connectivity index (χ3n) is 5.86. The minimum atomic E-state index is -0.285. The van der Waals surface area contributed by atoms with Gasteiger partial charge in [-0.2, -0.15) is 0 Å². The number of rotatable bonds is 12. The SMILES string of the molecule is C=C(/C=C(\N)c1cc(O)c(OCCCC)cc1CC(C)C(C)(C)CO)/C(=C\C)C(C)=O.CC. The maximum absolute atomic E-state index is 11.8. The summed E-state index contributed by atoms with van der Waals surface area (Å²) in [5.74, 6) is 0.496. The van der Waals surface area contributed by atoms with Gasteiger partial charge in [0.25, 0.3) is 0 Å². The van der Waals surface area contributed by atoms with Gasteiger partial charge >= 0.3 is 0 Å². The molecule has 0 saturated carbocycles. The minimum Gasteiger partial charge on any atom is -0.504 e. The van der Waals surface area contributed by atoms with E-state index in [0.29, 0.717) is 41.2 Å². The van der Waals surface area contributed by atoms with Gasteiger partial charge in [0.05, 0.1) is 6.61 Å². The zero-order valence-corrected chi connectivity index (χ0v) is 21.9. The third kappa shape index (κ3) is 9.09. The molecule has 0 aliphatic carbocycles. The van der Waals surface area contributed by atoms with Crippen molar-refractivity contribution in [3.8, 4) is 11.5 Å². The van der Waals surface area contributed by atoms with Gasteiger partial charge in [-0.15, -0.1) is 0 Å². The van der Waals surface area contributed by atoms with Crippen LogP contribution >= 0.6 is 0 Å². The lowest BCUT2D eigenvalue weighted by Crippen LogP contribution is -2.27. The molecule has 0 aliphatic rings. The Morgan fingerprint density at radius 3 is 2.39 bits per heavy atom. The molecule has 1 aromatic rings. The molecule has 0 aliphatic heterocycles. The maximum atomic E-state index is 11.8. The number of benzene rings is 1. The molecule has 0 spiro atoms. The Labute approximate surface area is 201 Å². The van der Waals surface area contributed by atoms with E-state index in [1.165, 1.54) is 6.92 Å². The van der Waals surface area contributed by atoms with Gasteiger partial charge in [-0.1, -0.05) is 60.6 Å². The van der Waals surface area contributed by atoms with E-state index in [2.05, 4.69) is 20.4 Å². The highest BCUT2D eigenvalue weighted by molar-refractivity contribution is 5.98. The van der Waals surface area contributed by atoms with Crippen LogP contribution in [0.25, 0.3) is 5.70 Å². The Balaban J connectivity index is 0.00000497. The molecule has 0 amide bonds. The average Bonchev–Trinajstić information content (AvgIpc) is 2.77. The monoisotopic (exact) mass is 459 g/mol. The van der Waals surface area contributed by atoms with Gasteiger partial charge in [0, 0.05) is 23.4 Å². The number of aromatic hydroxyl groups is 1. The second kappa shape index (κ2) is 14.6. The van der Waals surface area contributed by atoms with Crippen LogP contribution in [0.2, 0.25) is 0 Å². The predicted molar refractivity (Wildman–Crippen MR) is 139 cm³/mol. The zero-order valence-electron chi connectivity index (χ0n) is 21.9. The number of aliphatic hydroxyl groups is 1. The minimum absolute atomic E-state index is 0.0173. The Morgan fingerprint density at radius 1 is 1.30 bits per heavy atom. The summed E-state index contributed by atoms with van der Waals surface area (Å²) in [6.07, 6.45) is 5.90. The van der Waals surface area contributed by atoms with Gasteiger partial charge in [-0.3, -0.25) is 4.79 Å². The summed E-state index contributed by atoms with van der Waals surface area (Å²) in [5.41, 5.74) is 9.13. The summed E-state index contributed by atoms with van der Waals surface area (Å²) in [4.78, 5) is 11.8. The van der Waals surface area contributed by atoms with Gasteiger partial charge in [0.2, 0.25) is 0 Å². The van der Waals surface area contributed by atoms with Crippen molar-refractivity contribution >= 4 is 11.5 Å². The normalized spacial score (nSPS) is 13.1. The van der Waals surface area contributed by atoms with Gasteiger partial charge in [-0.05, 0) is 67.4 Å². The molecule has 0 aromatic heterocycles. The summed E-state index contributed by atoms with van der Waals surface area (Å²) in [6, 6.07) is 3.44. The van der Waals surface area contributed by atoms with E-state index in [1.807, 2.05) is 33.8 Å². The Hall–Kier alpha value is -2.53. The topological polar surface area (TPSA) is 92.8 Å². The van der Waals surface area contributed by atoms with Crippen LogP contribution in [0.3, 0.4) is 0 Å². The van der Waals surface area contributed by atoms with Crippen molar-refractivity contribution in [1.29, 1.82) is 0 Å². The van der Waals surface area contributed by atoms with Crippen molar-refractivity contribution in [3.63, 3.8) is 0 Å². The second-order valence-electron chi connectivity index (χ2n) is 8.81. The number of aliphatic hydroxyl groups excluding tert-OH is 1. The van der Waals surface area contributed by atoms with E-state index in [9.17, 15) is 15.0 Å². The van der Waals surface area contributed by atoms with Crippen molar-refractivity contribution in [3.05, 3.63) is 53.1 Å². The highest BCUT2D eigenvalue weighted by atomic mass is 16.5. The van der Waals surface area contributed by atoms with Gasteiger partial charge in [0.1, 0.15) is 0 Å². The van der Waals surface area contributed by atoms with Crippen LogP contribution < -0.4 is 10.5 Å². The highest BCUT2D eigenvalue weighted by Crippen LogP contribution is 2.36. The molecule has 4 N–H and O–H groups in total. The van der Waals surface area contributed by atoms with E-state index in [-0.39, 0.29) is 29.5 Å². The fourth-order valence-electron chi connectivity index (χ4n) is 3.21. The number of ketones is 1. The molecular weight excluding hydrogens is 414 g/mol. The highest BCUT2D eigenvalue weighted by Gasteiger charge is 2.26. The molecule has 1 unspecified atom stereocenters. The van der Waals surface area contributed by atoms with Gasteiger partial charge < -0.3 is 20.7 Å². The van der Waals surface area contributed by atoms with Crippen LogP contribution in [0.15, 0.2) is 42.0 Å². The summed E-state index contributed by atoms with van der Waals surface area (Å²) in [6.45, 7) is 20.0. The Kier molecular flexibility index (Phi) is 13.5. The molecule has 0 bridgehead atoms. The number of carbonyl (C=O) groups is 1. The first kappa shape index (κ1) is 30.5. The largest absolute Gasteiger partial charge is 0.504 e. The van der Waals surface area contributed by atoms with E-state index < -0.39 is 0 Å². The number of phenols is 1. The van der Waals surface area contributed by atoms with Crippen molar-refractivity contribution in [1.82, 2.24) is 0 Å². The number of allylic oxidation sites excluding steroid dienone is 4. The quantitative estimate of drug-likeness (QED) is 0.197. The third-order valence-corrected chi connectivity index (χ3v) is 5.86. The molecule has 0 fully saturated rings. The molecule has 33 heavy (non-hydrogen) atoms. The smallest absolute Gasteiger partial charge is 0.161 e. The van der Waals surface area contributed by atoms with Crippen LogP contribution in [-0.4, -0.2) is 29.2 Å². The number of carbonyl (C=O) groups excluding carboxylic acids is 1. The van der Waals surface area contributed by atoms with Crippen LogP contribution in [0.5, 0.6) is 11.5 Å². The lowest BCUT2D eigenvalue weighted by Gasteiger charge is -2.30. The summed E-state index contributed by atoms with van der Waals surface area (Å²) in [5, 5.41) is 20.3. The summed E-state index contributed by atoms with van der Waals surface area (Å²) < 4.78 is 5.78. The molecular formula is C28H45NO4. The van der Waals surface area contributed by atoms with E-state index in [1.54, 1.807) is 25.1 Å². The van der Waals surface area contributed by atoms with Gasteiger partial charge in [-0.25, -0.2) is 0 Å². The van der Waals surface area contributed by atoms with Crippen LogP contribution in [0.1, 0.15) is 79.4 Å². The van der Waals surface area contributed by atoms with Crippen molar-refractivity contribution in [2.75, 3.05) is 13.2 Å². The fourth-order valence-corrected chi connectivity index (χ4v) is 3.21. The molecule has 186 valence electrons. The lowest BCUT2D eigenvalue weighted by molar-refractivity contribution is -0.113. The molecule has 5 heteroatoms. The number of phenolic OH excluding ortho intramolecular Hbond substituents is 1. The number of hydrogen-bond acceptors (Lipinski definition) is 5. The van der Waals surface area contributed by atoms with Gasteiger partial charge in [0.15, 0.2) is 17.3 Å². The maximum Gasteiger partial charge on any atom is 0.161 e. The van der Waals surface area contributed by atoms with Crippen LogP contribution in [0.4, 0.5) is 0 Å². The van der Waals surface area contributed by atoms with Crippen LogP contribution in [0, 0.1) is 11.3 Å². The first-order valence-corrected chi connectivity index (χ1v) is 11.9. The average molecular weight is 460 g/mol. The molecule has 1 aromatic carbocycles. The van der Waals surface area contributed by atoms with Crippen molar-refractivity contribution in [2.45, 2.75) is 74.7 Å². The number of nitrogens with two attached hydrogens (primary N) is 1. The predicted octanol–water partition coefficient (Wildman–Crippen LogP) is 6.19. The lowest BCUT2D eigenvalue weighted by atomic mass is 9.76. The summed E-state index contributed by atoms with van der Waals surface area (Å²) in [7, 11) is 0. The first-order valence-electron chi connectivity index (χ1n) is 11.9. The number of hydrogen-bond donors (Lipinski definition) is 3. The van der Waals surface area contributed by atoms with E-state index >= 15 is 0 Å². The molecule has 1 rings (SSSR count). The van der Waals surface area contributed by atoms with Crippen LogP contribution in [-0.2, 0) is 11.2 Å². The molecule has 5 nitrogen and oxygen atoms in total. The zero-order chi connectivity index (χ0) is 25.8. The van der Waals surface area contributed by atoms with Crippen molar-refractivity contribution in [2.24, 2.45) is 17.1 Å². The molecule has 1 atom stereocenters. The van der Waals surface area contributed by atoms with E-state index in [4.69, 9.17) is 10.5 Å². The standard InChI is InChI=1S/C26H39NO4.C2H6/c1-8-10-11-31-25-14-20(13-18(4)26(6,7)16-28)22(15-24(25)30)23(27)12-17(3)21(9-2)19(5)29;1-2/h9,12,14-15,18,28,30H,3,8,10-11,13,16,27H2,1-2,4-7H3;1-2H3/b21-9+,23-12-;. The Bertz CT molecular complexity index is 850. The number of ether oxygens (including phenoxy) is 1. The second-order valence-corrected chi connectivity index (χ2v) is 8.81. The summed E-state index contributed by atoms with van der Waals surface area (Å²) >= 11 is 0. The number of Topliss-reactive ketones (excluding diaryl/α,β-unsaturated/α-hetero) is 1. The first-order chi connectivity index (χ1) is 15.5. The van der Waals surface area contributed by atoms with E-state index in [0.717, 1.165) is 18.4 Å². The molecule has 0 radical (unpaired) electrons. The van der Waals surface area contributed by atoms with Crippen molar-refractivity contribution < 1.29 is 19.7 Å².